The summed E-state index contributed by atoms with van der Waals surface area (Å²) in [7, 11) is 0. The first-order valence-electron chi connectivity index (χ1n) is 4.40. The van der Waals surface area contributed by atoms with Crippen LogP contribution < -0.4 is 0 Å². The van der Waals surface area contributed by atoms with Crippen molar-refractivity contribution in [3.63, 3.8) is 0 Å². The van der Waals surface area contributed by atoms with Crippen LogP contribution in [0.25, 0.3) is 0 Å². The van der Waals surface area contributed by atoms with Gasteiger partial charge in [0.1, 0.15) is 0 Å². The van der Waals surface area contributed by atoms with Gasteiger partial charge in [-0.2, -0.15) is 0 Å². The average Bonchev–Trinajstić information content (AvgIpc) is 2.19. The zero-order valence-corrected chi connectivity index (χ0v) is 8.19. The predicted octanol–water partition coefficient (Wildman–Crippen LogP) is 1.79. The highest BCUT2D eigenvalue weighted by Crippen LogP contribution is 2.08. The minimum atomic E-state index is -0.513. The Kier molecular flexibility index (Phi) is 4.79. The molecule has 2 atom stereocenters. The molecular weight excluding hydrogens is 186 g/mol. The van der Waals surface area contributed by atoms with Crippen molar-refractivity contribution in [3.8, 4) is 0 Å². The zero-order valence-electron chi connectivity index (χ0n) is 7.44. The third-order valence-electron chi connectivity index (χ3n) is 1.80. The van der Waals surface area contributed by atoms with Crippen molar-refractivity contribution < 1.29 is 5.11 Å². The molecule has 2 nitrogen and oxygen atoms in total. The quantitative estimate of drug-likeness (QED) is 0.544. The highest BCUT2D eigenvalue weighted by molar-refractivity contribution is 6.18. The molecule has 13 heavy (non-hydrogen) atoms. The maximum atomic E-state index is 9.11. The lowest BCUT2D eigenvalue weighted by atomic mass is 10.0. The first-order valence-corrected chi connectivity index (χ1v) is 4.93. The van der Waals surface area contributed by atoms with E-state index in [2.05, 4.69) is 17.1 Å². The third kappa shape index (κ3) is 4.25. The summed E-state index contributed by atoms with van der Waals surface area (Å²) in [5, 5.41) is 9.11. The molecule has 3 heteroatoms. The largest absolute Gasteiger partial charge is 0.390 e. The third-order valence-corrected chi connectivity index (χ3v) is 2.16. The molecule has 0 saturated carbocycles. The molecule has 0 spiro atoms. The zero-order chi connectivity index (χ0) is 9.52. The summed E-state index contributed by atoms with van der Waals surface area (Å²) in [6, 6.07) is 0. The number of rotatable bonds is 4. The molecule has 0 fully saturated rings. The molecule has 0 aliphatic heterocycles. The molecule has 0 aromatic heterocycles. The topological polar surface area (TPSA) is 32.6 Å². The molecule has 1 unspecified atom stereocenters. The van der Waals surface area contributed by atoms with Gasteiger partial charge in [-0.1, -0.05) is 24.3 Å². The fraction of sp³-hybridized carbons (Fsp3) is 0.500. The van der Waals surface area contributed by atoms with Crippen molar-refractivity contribution in [2.24, 2.45) is 10.9 Å². The molecule has 72 valence electrons. The highest BCUT2D eigenvalue weighted by atomic mass is 35.5. The van der Waals surface area contributed by atoms with E-state index in [1.54, 1.807) is 0 Å². The standard InChI is InChI=1S/C10H14ClNO/c11-6-10(13)8-12-7-9-4-2-1-3-5-9/h1-4,7,9-10,13H,5-6,8H2/b12-7+/t9?,10-/m1/s1. The summed E-state index contributed by atoms with van der Waals surface area (Å²) in [5.74, 6) is 0.630. The monoisotopic (exact) mass is 199 g/mol. The van der Waals surface area contributed by atoms with Crippen LogP contribution in [0.5, 0.6) is 0 Å². The number of aliphatic imine (C=N–C) groups is 1. The van der Waals surface area contributed by atoms with Gasteiger partial charge in [-0.25, -0.2) is 0 Å². The summed E-state index contributed by atoms with van der Waals surface area (Å²) in [5.41, 5.74) is 0. The lowest BCUT2D eigenvalue weighted by molar-refractivity contribution is 0.207. The van der Waals surface area contributed by atoms with Gasteiger partial charge in [0.15, 0.2) is 0 Å². The Morgan fingerprint density at radius 1 is 1.62 bits per heavy atom. The maximum absolute atomic E-state index is 9.11. The van der Waals surface area contributed by atoms with E-state index in [9.17, 15) is 0 Å². The molecule has 0 radical (unpaired) electrons. The van der Waals surface area contributed by atoms with Gasteiger partial charge in [0.05, 0.1) is 18.5 Å². The van der Waals surface area contributed by atoms with Crippen molar-refractivity contribution in [2.45, 2.75) is 12.5 Å². The highest BCUT2D eigenvalue weighted by Gasteiger charge is 2.02. The van der Waals surface area contributed by atoms with Gasteiger partial charge in [0.2, 0.25) is 0 Å². The van der Waals surface area contributed by atoms with E-state index in [1.807, 2.05) is 18.4 Å². The van der Waals surface area contributed by atoms with Gasteiger partial charge in [-0.05, 0) is 6.42 Å². The molecule has 1 aliphatic carbocycles. The van der Waals surface area contributed by atoms with Crippen LogP contribution in [-0.4, -0.2) is 29.8 Å². The van der Waals surface area contributed by atoms with Crippen molar-refractivity contribution >= 4 is 17.8 Å². The average molecular weight is 200 g/mol. The van der Waals surface area contributed by atoms with E-state index in [4.69, 9.17) is 16.7 Å². The van der Waals surface area contributed by atoms with Crippen LogP contribution in [0.2, 0.25) is 0 Å². The Hall–Kier alpha value is -0.600. The van der Waals surface area contributed by atoms with Crippen molar-refractivity contribution in [3.05, 3.63) is 24.3 Å². The van der Waals surface area contributed by atoms with Gasteiger partial charge >= 0.3 is 0 Å². The van der Waals surface area contributed by atoms with Crippen LogP contribution in [0.4, 0.5) is 0 Å². The number of aliphatic hydroxyl groups is 1. The van der Waals surface area contributed by atoms with Gasteiger partial charge in [-0.3, -0.25) is 4.99 Å². The van der Waals surface area contributed by atoms with Crippen LogP contribution in [0.3, 0.4) is 0 Å². The fourth-order valence-corrected chi connectivity index (χ4v) is 1.17. The van der Waals surface area contributed by atoms with Crippen LogP contribution in [0.15, 0.2) is 29.3 Å². The second-order valence-corrected chi connectivity index (χ2v) is 3.34. The van der Waals surface area contributed by atoms with Crippen LogP contribution in [0.1, 0.15) is 6.42 Å². The molecule has 0 aromatic rings. The number of halogens is 1. The van der Waals surface area contributed by atoms with Gasteiger partial charge < -0.3 is 5.11 Å². The molecular formula is C10H14ClNO. The number of aliphatic hydroxyl groups excluding tert-OH is 1. The first-order chi connectivity index (χ1) is 6.33. The fourth-order valence-electron chi connectivity index (χ4n) is 1.08. The number of alkyl halides is 1. The van der Waals surface area contributed by atoms with Crippen molar-refractivity contribution in [1.29, 1.82) is 0 Å². The van der Waals surface area contributed by atoms with Gasteiger partial charge in [-0.15, -0.1) is 11.6 Å². The lowest BCUT2D eigenvalue weighted by Crippen LogP contribution is -2.13. The summed E-state index contributed by atoms with van der Waals surface area (Å²) >= 11 is 5.42. The maximum Gasteiger partial charge on any atom is 0.0870 e. The summed E-state index contributed by atoms with van der Waals surface area (Å²) < 4.78 is 0. The Labute approximate surface area is 83.6 Å². The molecule has 0 saturated heterocycles. The SMILES string of the molecule is O[C@H](CCl)C/N=C/C1C=CC=CC1. The molecule has 0 aromatic carbocycles. The Morgan fingerprint density at radius 2 is 2.46 bits per heavy atom. The van der Waals surface area contributed by atoms with Crippen LogP contribution in [0, 0.1) is 5.92 Å². The van der Waals surface area contributed by atoms with E-state index in [1.165, 1.54) is 0 Å². The van der Waals surface area contributed by atoms with Crippen molar-refractivity contribution in [2.75, 3.05) is 12.4 Å². The predicted molar refractivity (Wildman–Crippen MR) is 56.5 cm³/mol. The van der Waals surface area contributed by atoms with Gasteiger partial charge in [0.25, 0.3) is 0 Å². The van der Waals surface area contributed by atoms with Crippen LogP contribution >= 0.6 is 11.6 Å². The number of allylic oxidation sites excluding steroid dienone is 4. The molecule has 1 aliphatic rings. The van der Waals surface area contributed by atoms with E-state index in [-0.39, 0.29) is 5.88 Å². The molecule has 1 rings (SSSR count). The van der Waals surface area contributed by atoms with E-state index >= 15 is 0 Å². The first kappa shape index (κ1) is 10.5. The minimum Gasteiger partial charge on any atom is -0.390 e. The number of hydrogen-bond donors (Lipinski definition) is 1. The summed E-state index contributed by atoms with van der Waals surface area (Å²) in [6.45, 7) is 0.400. The minimum absolute atomic E-state index is 0.248. The number of nitrogens with zero attached hydrogens (tertiary/aromatic N) is 1. The lowest BCUT2D eigenvalue weighted by Gasteiger charge is -2.06. The molecule has 0 heterocycles. The van der Waals surface area contributed by atoms with E-state index < -0.39 is 6.10 Å². The number of hydrogen-bond acceptors (Lipinski definition) is 2. The normalized spacial score (nSPS) is 24.0. The summed E-state index contributed by atoms with van der Waals surface area (Å²) in [6.07, 6.45) is 10.6. The van der Waals surface area contributed by atoms with Gasteiger partial charge in [0, 0.05) is 12.1 Å². The molecule has 0 bridgehead atoms. The van der Waals surface area contributed by atoms with E-state index in [0.29, 0.717) is 12.5 Å². The Morgan fingerprint density at radius 3 is 3.08 bits per heavy atom. The molecule has 0 amide bonds. The molecule has 1 N–H and O–H groups in total. The second kappa shape index (κ2) is 5.95. The van der Waals surface area contributed by atoms with Crippen LogP contribution in [-0.2, 0) is 0 Å². The summed E-state index contributed by atoms with van der Waals surface area (Å²) in [4.78, 5) is 4.12. The van der Waals surface area contributed by atoms with E-state index in [0.717, 1.165) is 6.42 Å². The Balaban J connectivity index is 2.24. The van der Waals surface area contributed by atoms with Crippen molar-refractivity contribution in [1.82, 2.24) is 0 Å². The second-order valence-electron chi connectivity index (χ2n) is 3.03. The smallest absolute Gasteiger partial charge is 0.0870 e. The Bertz CT molecular complexity index is 223.